The average Bonchev–Trinajstić information content (AvgIpc) is 3.12. The van der Waals surface area contributed by atoms with Gasteiger partial charge < -0.3 is 20.0 Å². The van der Waals surface area contributed by atoms with Crippen molar-refractivity contribution in [1.29, 1.82) is 0 Å². The highest BCUT2D eigenvalue weighted by Crippen LogP contribution is 2.52. The quantitative estimate of drug-likeness (QED) is 0.872. The van der Waals surface area contributed by atoms with E-state index < -0.39 is 5.97 Å². The third-order valence-electron chi connectivity index (χ3n) is 5.16. The fraction of sp³-hybridized carbons (Fsp3) is 0.286. The molecule has 4 rings (SSSR count). The van der Waals surface area contributed by atoms with E-state index in [2.05, 4.69) is 23.5 Å². The van der Waals surface area contributed by atoms with E-state index in [1.54, 1.807) is 12.1 Å². The maximum absolute atomic E-state index is 11.0. The molecule has 0 amide bonds. The molecule has 1 aliphatic carbocycles. The number of rotatable bonds is 4. The van der Waals surface area contributed by atoms with Crippen molar-refractivity contribution in [3.05, 3.63) is 71.3 Å². The van der Waals surface area contributed by atoms with Gasteiger partial charge in [0.2, 0.25) is 0 Å². The van der Waals surface area contributed by atoms with Crippen molar-refractivity contribution >= 4 is 11.7 Å². The molecule has 0 saturated carbocycles. The maximum atomic E-state index is 11.0. The Kier molecular flexibility index (Phi) is 3.96. The van der Waals surface area contributed by atoms with Crippen LogP contribution in [0.25, 0.3) is 0 Å². The van der Waals surface area contributed by atoms with Crippen molar-refractivity contribution in [1.82, 2.24) is 0 Å². The minimum Gasteiger partial charge on any atom is -0.545 e. The van der Waals surface area contributed by atoms with Gasteiger partial charge >= 0.3 is 0 Å². The second-order valence-electron chi connectivity index (χ2n) is 6.54. The molecule has 1 aliphatic heterocycles. The predicted octanol–water partition coefficient (Wildman–Crippen LogP) is 3.28. The number of carboxylic acid groups (broad SMARTS) is 1. The first-order chi connectivity index (χ1) is 12.2. The first-order valence-corrected chi connectivity index (χ1v) is 8.69. The molecular weight excluding hydrogens is 314 g/mol. The summed E-state index contributed by atoms with van der Waals surface area (Å²) in [5, 5.41) is 14.7. The molecule has 0 bridgehead atoms. The van der Waals surface area contributed by atoms with Gasteiger partial charge in [0.15, 0.2) is 0 Å². The number of hydrogen-bond donors (Lipinski definition) is 1. The number of allylic oxidation sites excluding steroid dienone is 2. The average molecular weight is 334 g/mol. The molecule has 1 N–H and O–H groups in total. The van der Waals surface area contributed by atoms with Crippen molar-refractivity contribution in [3.63, 3.8) is 0 Å². The van der Waals surface area contributed by atoms with Gasteiger partial charge in [0, 0.05) is 5.92 Å². The molecule has 128 valence electrons. The van der Waals surface area contributed by atoms with Gasteiger partial charge in [-0.25, -0.2) is 0 Å². The second kappa shape index (κ2) is 6.28. The van der Waals surface area contributed by atoms with Gasteiger partial charge in [-0.15, -0.1) is 0 Å². The minimum atomic E-state index is -1.15. The topological polar surface area (TPSA) is 61.4 Å². The molecule has 3 atom stereocenters. The molecule has 4 heteroatoms. The molecule has 2 aliphatic rings. The molecule has 0 aromatic heterocycles. The number of hydrogen-bond acceptors (Lipinski definition) is 4. The lowest BCUT2D eigenvalue weighted by Crippen LogP contribution is -2.29. The maximum Gasteiger partial charge on any atom is 0.142 e. The third kappa shape index (κ3) is 2.68. The zero-order valence-electron chi connectivity index (χ0n) is 14.1. The lowest BCUT2D eigenvalue weighted by molar-refractivity contribution is -0.255. The Balaban J connectivity index is 1.74. The summed E-state index contributed by atoms with van der Waals surface area (Å²) in [5.74, 6) is 0.489. The summed E-state index contributed by atoms with van der Waals surface area (Å²) in [4.78, 5) is 11.0. The number of carboxylic acids is 1. The molecular formula is C21H20NO3-. The molecule has 2 aromatic rings. The second-order valence-corrected chi connectivity index (χ2v) is 6.54. The van der Waals surface area contributed by atoms with Gasteiger partial charge in [-0.2, -0.15) is 0 Å². The van der Waals surface area contributed by atoms with Crippen LogP contribution in [0.4, 0.5) is 5.69 Å². The van der Waals surface area contributed by atoms with Gasteiger partial charge in [-0.3, -0.25) is 0 Å². The van der Waals surface area contributed by atoms with Crippen LogP contribution in [0.1, 0.15) is 46.8 Å². The van der Waals surface area contributed by atoms with E-state index in [-0.39, 0.29) is 11.6 Å². The Hall–Kier alpha value is -2.75. The molecule has 0 spiro atoms. The van der Waals surface area contributed by atoms with E-state index in [1.807, 2.05) is 31.2 Å². The van der Waals surface area contributed by atoms with Crippen molar-refractivity contribution in [2.75, 3.05) is 11.9 Å². The van der Waals surface area contributed by atoms with Crippen LogP contribution in [0.3, 0.4) is 0 Å². The van der Waals surface area contributed by atoms with Crippen molar-refractivity contribution in [2.45, 2.75) is 25.3 Å². The van der Waals surface area contributed by atoms with Crippen molar-refractivity contribution in [2.24, 2.45) is 5.92 Å². The largest absolute Gasteiger partial charge is 0.545 e. The number of benzene rings is 2. The molecule has 2 aromatic carbocycles. The lowest BCUT2D eigenvalue weighted by atomic mass is 9.77. The summed E-state index contributed by atoms with van der Waals surface area (Å²) >= 11 is 0. The van der Waals surface area contributed by atoms with Crippen LogP contribution in [0.2, 0.25) is 0 Å². The smallest absolute Gasteiger partial charge is 0.142 e. The Morgan fingerprint density at radius 2 is 2.04 bits per heavy atom. The molecule has 0 fully saturated rings. The Morgan fingerprint density at radius 3 is 2.76 bits per heavy atom. The van der Waals surface area contributed by atoms with Gasteiger partial charge in [-0.05, 0) is 42.0 Å². The molecule has 4 nitrogen and oxygen atoms in total. The first kappa shape index (κ1) is 15.8. The third-order valence-corrected chi connectivity index (χ3v) is 5.16. The number of para-hydroxylation sites is 1. The highest BCUT2D eigenvalue weighted by Gasteiger charge is 2.38. The Bertz CT molecular complexity index is 826. The van der Waals surface area contributed by atoms with E-state index >= 15 is 0 Å². The molecule has 1 heterocycles. The van der Waals surface area contributed by atoms with Crippen LogP contribution in [-0.2, 0) is 0 Å². The molecule has 3 unspecified atom stereocenters. The van der Waals surface area contributed by atoms with Crippen LogP contribution in [0.5, 0.6) is 5.75 Å². The van der Waals surface area contributed by atoms with Crippen molar-refractivity contribution < 1.29 is 14.6 Å². The zero-order valence-corrected chi connectivity index (χ0v) is 14.1. The minimum absolute atomic E-state index is 0.116. The number of carbonyl (C=O) groups excluding carboxylic acids is 1. The summed E-state index contributed by atoms with van der Waals surface area (Å²) in [5.41, 5.74) is 3.61. The van der Waals surface area contributed by atoms with Crippen LogP contribution in [-0.4, -0.2) is 12.6 Å². The van der Waals surface area contributed by atoms with E-state index in [0.29, 0.717) is 18.4 Å². The normalized spacial score (nSPS) is 23.5. The van der Waals surface area contributed by atoms with Crippen LogP contribution in [0.15, 0.2) is 54.6 Å². The SMILES string of the molecule is CCOc1cccc2c1NC(c1ccc(C(=O)[O-])cc1)C1CC=CC21. The van der Waals surface area contributed by atoms with E-state index in [1.165, 1.54) is 5.56 Å². The van der Waals surface area contributed by atoms with E-state index in [9.17, 15) is 9.90 Å². The number of carbonyl (C=O) groups is 1. The van der Waals surface area contributed by atoms with Crippen LogP contribution < -0.4 is 15.2 Å². The fourth-order valence-corrected chi connectivity index (χ4v) is 4.03. The summed E-state index contributed by atoms with van der Waals surface area (Å²) in [6, 6.07) is 13.3. The van der Waals surface area contributed by atoms with E-state index in [4.69, 9.17) is 4.74 Å². The van der Waals surface area contributed by atoms with E-state index in [0.717, 1.165) is 23.4 Å². The number of nitrogens with one attached hydrogen (secondary N) is 1. The molecule has 0 saturated heterocycles. The number of ether oxygens (including phenoxy) is 1. The first-order valence-electron chi connectivity index (χ1n) is 8.69. The number of aromatic carboxylic acids is 1. The monoisotopic (exact) mass is 334 g/mol. The van der Waals surface area contributed by atoms with Crippen LogP contribution in [0, 0.1) is 5.92 Å². The predicted molar refractivity (Wildman–Crippen MR) is 94.7 cm³/mol. The lowest BCUT2D eigenvalue weighted by Gasteiger charge is -2.38. The molecule has 0 radical (unpaired) electrons. The van der Waals surface area contributed by atoms with Crippen molar-refractivity contribution in [3.8, 4) is 5.75 Å². The van der Waals surface area contributed by atoms with Gasteiger partial charge in [0.05, 0.1) is 24.3 Å². The van der Waals surface area contributed by atoms with Crippen LogP contribution >= 0.6 is 0 Å². The fourth-order valence-electron chi connectivity index (χ4n) is 4.03. The highest BCUT2D eigenvalue weighted by molar-refractivity contribution is 5.85. The number of fused-ring (bicyclic) bond motifs is 3. The number of anilines is 1. The summed E-state index contributed by atoms with van der Waals surface area (Å²) in [6.45, 7) is 2.60. The molecule has 25 heavy (non-hydrogen) atoms. The Labute approximate surface area is 147 Å². The van der Waals surface area contributed by atoms with Gasteiger partial charge in [0.25, 0.3) is 0 Å². The van der Waals surface area contributed by atoms with Gasteiger partial charge in [-0.1, -0.05) is 48.6 Å². The Morgan fingerprint density at radius 1 is 1.24 bits per heavy atom. The highest BCUT2D eigenvalue weighted by atomic mass is 16.5. The van der Waals surface area contributed by atoms with Gasteiger partial charge in [0.1, 0.15) is 5.75 Å². The summed E-state index contributed by atoms with van der Waals surface area (Å²) < 4.78 is 5.81. The zero-order chi connectivity index (χ0) is 17.4. The standard InChI is InChI=1S/C21H21NO3/c1-2-25-18-8-4-7-17-15-5-3-6-16(15)19(22-20(17)18)13-9-11-14(12-10-13)21(23)24/h3-5,7-12,15-16,19,22H,2,6H2,1H3,(H,23,24)/p-1. The summed E-state index contributed by atoms with van der Waals surface area (Å²) in [6.07, 6.45) is 5.52. The summed E-state index contributed by atoms with van der Waals surface area (Å²) in [7, 11) is 0.